The van der Waals surface area contributed by atoms with E-state index in [-0.39, 0.29) is 0 Å². The summed E-state index contributed by atoms with van der Waals surface area (Å²) in [6.45, 7) is 3.29. The molecule has 2 saturated heterocycles. The minimum Gasteiger partial charge on any atom is -0.376 e. The molecule has 3 nitrogen and oxygen atoms in total. The zero-order valence-corrected chi connectivity index (χ0v) is 6.62. The molecule has 2 heterocycles. The molecule has 2 aliphatic rings. The molecule has 2 fully saturated rings. The molecule has 0 aromatic rings. The summed E-state index contributed by atoms with van der Waals surface area (Å²) in [6.07, 6.45) is 3.09. The van der Waals surface area contributed by atoms with Crippen molar-refractivity contribution in [3.05, 3.63) is 0 Å². The molecule has 2 atom stereocenters. The Morgan fingerprint density at radius 3 is 2.64 bits per heavy atom. The molecule has 3 heteroatoms. The Bertz CT molecular complexity index is 117. The Morgan fingerprint density at radius 2 is 2.00 bits per heavy atom. The van der Waals surface area contributed by atoms with E-state index in [9.17, 15) is 0 Å². The van der Waals surface area contributed by atoms with Gasteiger partial charge in [0.05, 0.1) is 25.9 Å². The fourth-order valence-corrected chi connectivity index (χ4v) is 1.27. The maximum atomic E-state index is 5.39. The smallest absolute Gasteiger partial charge is 0.104 e. The van der Waals surface area contributed by atoms with Crippen LogP contribution >= 0.6 is 0 Å². The van der Waals surface area contributed by atoms with Crippen LogP contribution in [0.15, 0.2) is 0 Å². The van der Waals surface area contributed by atoms with Crippen molar-refractivity contribution in [2.45, 2.75) is 25.0 Å². The van der Waals surface area contributed by atoms with E-state index in [1.165, 1.54) is 6.42 Å². The molecular weight excluding hydrogens is 144 g/mol. The van der Waals surface area contributed by atoms with Crippen LogP contribution in [-0.4, -0.2) is 38.6 Å². The second kappa shape index (κ2) is 3.52. The average Bonchev–Trinajstić information content (AvgIpc) is 2.66. The van der Waals surface area contributed by atoms with E-state index in [0.717, 1.165) is 32.8 Å². The topological polar surface area (TPSA) is 31.0 Å². The van der Waals surface area contributed by atoms with Gasteiger partial charge in [-0.25, -0.2) is 0 Å². The standard InChI is InChI=1S/C8H14O3/c1-2-7(10-3-1)4-9-5-8-6-11-8/h7-8H,1-6H2. The molecule has 0 N–H and O–H groups in total. The average molecular weight is 158 g/mol. The first-order chi connectivity index (χ1) is 5.45. The van der Waals surface area contributed by atoms with Crippen molar-refractivity contribution in [1.82, 2.24) is 0 Å². The summed E-state index contributed by atoms with van der Waals surface area (Å²) >= 11 is 0. The van der Waals surface area contributed by atoms with E-state index >= 15 is 0 Å². The van der Waals surface area contributed by atoms with Crippen LogP contribution in [0.25, 0.3) is 0 Å². The summed E-state index contributed by atoms with van der Waals surface area (Å²) < 4.78 is 15.8. The van der Waals surface area contributed by atoms with Gasteiger partial charge in [0.15, 0.2) is 0 Å². The van der Waals surface area contributed by atoms with Crippen molar-refractivity contribution < 1.29 is 14.2 Å². The molecule has 2 unspecified atom stereocenters. The molecule has 2 aliphatic heterocycles. The number of ether oxygens (including phenoxy) is 3. The summed E-state index contributed by atoms with van der Waals surface area (Å²) in [7, 11) is 0. The third kappa shape index (κ3) is 2.43. The van der Waals surface area contributed by atoms with E-state index in [2.05, 4.69) is 0 Å². The first-order valence-corrected chi connectivity index (χ1v) is 4.26. The molecule has 64 valence electrons. The van der Waals surface area contributed by atoms with E-state index < -0.39 is 0 Å². The van der Waals surface area contributed by atoms with Gasteiger partial charge in [-0.2, -0.15) is 0 Å². The third-order valence-electron chi connectivity index (χ3n) is 2.03. The maximum absolute atomic E-state index is 5.39. The van der Waals surface area contributed by atoms with Gasteiger partial charge in [-0.15, -0.1) is 0 Å². The molecule has 0 aromatic carbocycles. The lowest BCUT2D eigenvalue weighted by Crippen LogP contribution is -2.16. The lowest BCUT2D eigenvalue weighted by atomic mass is 10.2. The number of hydrogen-bond donors (Lipinski definition) is 0. The Hall–Kier alpha value is -0.120. The zero-order valence-electron chi connectivity index (χ0n) is 6.62. The van der Waals surface area contributed by atoms with Crippen LogP contribution in [0.3, 0.4) is 0 Å². The van der Waals surface area contributed by atoms with Crippen LogP contribution in [0, 0.1) is 0 Å². The zero-order chi connectivity index (χ0) is 7.52. The van der Waals surface area contributed by atoms with Gasteiger partial charge in [0, 0.05) is 6.61 Å². The number of hydrogen-bond acceptors (Lipinski definition) is 3. The monoisotopic (exact) mass is 158 g/mol. The summed E-state index contributed by atoms with van der Waals surface area (Å²) in [5, 5.41) is 0. The molecule has 2 rings (SSSR count). The molecule has 0 saturated carbocycles. The van der Waals surface area contributed by atoms with Crippen LogP contribution in [0.4, 0.5) is 0 Å². The number of epoxide rings is 1. The normalized spacial score (nSPS) is 36.0. The van der Waals surface area contributed by atoms with Gasteiger partial charge in [0.25, 0.3) is 0 Å². The summed E-state index contributed by atoms with van der Waals surface area (Å²) in [5.41, 5.74) is 0. The Kier molecular flexibility index (Phi) is 2.41. The fourth-order valence-electron chi connectivity index (χ4n) is 1.27. The molecule has 0 aliphatic carbocycles. The predicted octanol–water partition coefficient (Wildman–Crippen LogP) is 0.581. The van der Waals surface area contributed by atoms with E-state index in [4.69, 9.17) is 14.2 Å². The second-order valence-corrected chi connectivity index (χ2v) is 3.13. The largest absolute Gasteiger partial charge is 0.376 e. The van der Waals surface area contributed by atoms with Crippen LogP contribution in [0.2, 0.25) is 0 Å². The minimum absolute atomic E-state index is 0.355. The van der Waals surface area contributed by atoms with Gasteiger partial charge in [0.1, 0.15) is 6.10 Å². The quantitative estimate of drug-likeness (QED) is 0.561. The van der Waals surface area contributed by atoms with Crippen LogP contribution < -0.4 is 0 Å². The number of rotatable bonds is 4. The molecule has 0 spiro atoms. The van der Waals surface area contributed by atoms with Crippen LogP contribution in [0.5, 0.6) is 0 Å². The highest BCUT2D eigenvalue weighted by Crippen LogP contribution is 2.13. The summed E-state index contributed by atoms with van der Waals surface area (Å²) in [5.74, 6) is 0. The van der Waals surface area contributed by atoms with Crippen molar-refractivity contribution in [1.29, 1.82) is 0 Å². The highest BCUT2D eigenvalue weighted by atomic mass is 16.6. The highest BCUT2D eigenvalue weighted by Gasteiger charge is 2.23. The molecule has 0 amide bonds. The Labute approximate surface area is 66.6 Å². The summed E-state index contributed by atoms with van der Waals surface area (Å²) in [4.78, 5) is 0. The third-order valence-corrected chi connectivity index (χ3v) is 2.03. The van der Waals surface area contributed by atoms with Gasteiger partial charge in [0.2, 0.25) is 0 Å². The van der Waals surface area contributed by atoms with Gasteiger partial charge >= 0.3 is 0 Å². The van der Waals surface area contributed by atoms with Crippen LogP contribution in [-0.2, 0) is 14.2 Å². The molecule has 0 radical (unpaired) electrons. The predicted molar refractivity (Wildman–Crippen MR) is 39.5 cm³/mol. The van der Waals surface area contributed by atoms with Gasteiger partial charge < -0.3 is 14.2 Å². The van der Waals surface area contributed by atoms with E-state index in [0.29, 0.717) is 12.2 Å². The van der Waals surface area contributed by atoms with Gasteiger partial charge in [-0.1, -0.05) is 0 Å². The van der Waals surface area contributed by atoms with E-state index in [1.807, 2.05) is 0 Å². The lowest BCUT2D eigenvalue weighted by molar-refractivity contribution is 0.0126. The second-order valence-electron chi connectivity index (χ2n) is 3.13. The highest BCUT2D eigenvalue weighted by molar-refractivity contribution is 4.69. The van der Waals surface area contributed by atoms with Crippen molar-refractivity contribution in [3.63, 3.8) is 0 Å². The van der Waals surface area contributed by atoms with Gasteiger partial charge in [-0.3, -0.25) is 0 Å². The molecule has 0 bridgehead atoms. The van der Waals surface area contributed by atoms with Crippen molar-refractivity contribution in [3.8, 4) is 0 Å². The first kappa shape index (κ1) is 7.53. The van der Waals surface area contributed by atoms with E-state index in [1.54, 1.807) is 0 Å². The fraction of sp³-hybridized carbons (Fsp3) is 1.00. The van der Waals surface area contributed by atoms with Gasteiger partial charge in [-0.05, 0) is 12.8 Å². The Morgan fingerprint density at radius 1 is 1.18 bits per heavy atom. The molecule has 11 heavy (non-hydrogen) atoms. The van der Waals surface area contributed by atoms with Crippen molar-refractivity contribution in [2.75, 3.05) is 26.4 Å². The molecule has 0 aromatic heterocycles. The van der Waals surface area contributed by atoms with Crippen molar-refractivity contribution >= 4 is 0 Å². The maximum Gasteiger partial charge on any atom is 0.104 e. The minimum atomic E-state index is 0.355. The van der Waals surface area contributed by atoms with Crippen LogP contribution in [0.1, 0.15) is 12.8 Å². The lowest BCUT2D eigenvalue weighted by Gasteiger charge is -2.08. The Balaban J connectivity index is 1.51. The van der Waals surface area contributed by atoms with Crippen molar-refractivity contribution in [2.24, 2.45) is 0 Å². The summed E-state index contributed by atoms with van der Waals surface area (Å²) in [6, 6.07) is 0. The first-order valence-electron chi connectivity index (χ1n) is 4.26. The molecular formula is C8H14O3. The SMILES string of the molecule is C1COC(COCC2CO2)C1.